The van der Waals surface area contributed by atoms with Gasteiger partial charge in [-0.05, 0) is 38.3 Å². The lowest BCUT2D eigenvalue weighted by atomic mass is 9.99. The lowest BCUT2D eigenvalue weighted by Crippen LogP contribution is -2.35. The van der Waals surface area contributed by atoms with Gasteiger partial charge in [0.1, 0.15) is 0 Å². The molecule has 1 atom stereocenters. The highest BCUT2D eigenvalue weighted by Crippen LogP contribution is 2.31. The van der Waals surface area contributed by atoms with Gasteiger partial charge in [0.15, 0.2) is 0 Å². The van der Waals surface area contributed by atoms with Crippen LogP contribution in [0, 0.1) is 6.92 Å². The van der Waals surface area contributed by atoms with E-state index in [-0.39, 0.29) is 24.4 Å². The molecule has 1 fully saturated rings. The summed E-state index contributed by atoms with van der Waals surface area (Å²) in [6.45, 7) is 3.59. The molecule has 1 heterocycles. The summed E-state index contributed by atoms with van der Waals surface area (Å²) >= 11 is 0. The van der Waals surface area contributed by atoms with Gasteiger partial charge in [0, 0.05) is 13.0 Å². The van der Waals surface area contributed by atoms with Crippen molar-refractivity contribution in [3.05, 3.63) is 35.4 Å². The Bertz CT molecular complexity index is 450. The van der Waals surface area contributed by atoms with Crippen molar-refractivity contribution in [3.8, 4) is 0 Å². The number of hydrogen-bond donors (Lipinski definition) is 1. The highest BCUT2D eigenvalue weighted by molar-refractivity contribution is 5.85. The predicted octanol–water partition coefficient (Wildman–Crippen LogP) is 3.60. The number of halogens is 1. The van der Waals surface area contributed by atoms with Gasteiger partial charge in [0.05, 0.1) is 6.04 Å². The van der Waals surface area contributed by atoms with E-state index in [1.807, 2.05) is 0 Å². The van der Waals surface area contributed by atoms with E-state index >= 15 is 0 Å². The fourth-order valence-electron chi connectivity index (χ4n) is 3.03. The van der Waals surface area contributed by atoms with Gasteiger partial charge in [0.2, 0.25) is 5.91 Å². The van der Waals surface area contributed by atoms with E-state index in [1.165, 1.54) is 24.0 Å². The van der Waals surface area contributed by atoms with E-state index in [0.29, 0.717) is 13.0 Å². The fraction of sp³-hybridized carbons (Fsp3) is 0.588. The number of hydrogen-bond acceptors (Lipinski definition) is 2. The molecule has 1 amide bonds. The third-order valence-electron chi connectivity index (χ3n) is 4.09. The van der Waals surface area contributed by atoms with Crippen molar-refractivity contribution in [1.82, 2.24) is 4.90 Å². The first-order chi connectivity index (χ1) is 9.72. The van der Waals surface area contributed by atoms with Gasteiger partial charge in [-0.1, -0.05) is 42.7 Å². The van der Waals surface area contributed by atoms with Crippen LogP contribution in [0.3, 0.4) is 0 Å². The summed E-state index contributed by atoms with van der Waals surface area (Å²) in [7, 11) is 0. The summed E-state index contributed by atoms with van der Waals surface area (Å²) in [5.41, 5.74) is 8.08. The minimum absolute atomic E-state index is 0. The first-order valence-corrected chi connectivity index (χ1v) is 7.78. The SMILES string of the molecule is Cc1cccc(C2CCCCCN2C(=O)CCCN)c1.Cl. The van der Waals surface area contributed by atoms with Crippen LogP contribution in [-0.2, 0) is 4.79 Å². The van der Waals surface area contributed by atoms with Crippen LogP contribution in [-0.4, -0.2) is 23.9 Å². The highest BCUT2D eigenvalue weighted by atomic mass is 35.5. The summed E-state index contributed by atoms with van der Waals surface area (Å²) < 4.78 is 0. The molecule has 4 heteroatoms. The lowest BCUT2D eigenvalue weighted by Gasteiger charge is -2.31. The Morgan fingerprint density at radius 3 is 2.86 bits per heavy atom. The first kappa shape index (κ1) is 18.0. The largest absolute Gasteiger partial charge is 0.336 e. The van der Waals surface area contributed by atoms with Crippen LogP contribution in [0.25, 0.3) is 0 Å². The Morgan fingerprint density at radius 2 is 2.14 bits per heavy atom. The number of rotatable bonds is 4. The average molecular weight is 311 g/mol. The van der Waals surface area contributed by atoms with Gasteiger partial charge in [-0.2, -0.15) is 0 Å². The molecule has 1 unspecified atom stereocenters. The van der Waals surface area contributed by atoms with Gasteiger partial charge >= 0.3 is 0 Å². The van der Waals surface area contributed by atoms with Gasteiger partial charge < -0.3 is 10.6 Å². The van der Waals surface area contributed by atoms with Crippen molar-refractivity contribution in [2.45, 2.75) is 51.5 Å². The molecule has 0 aliphatic carbocycles. The Balaban J connectivity index is 0.00000220. The highest BCUT2D eigenvalue weighted by Gasteiger charge is 2.26. The summed E-state index contributed by atoms with van der Waals surface area (Å²) in [6.07, 6.45) is 6.01. The monoisotopic (exact) mass is 310 g/mol. The quantitative estimate of drug-likeness (QED) is 0.923. The smallest absolute Gasteiger partial charge is 0.223 e. The van der Waals surface area contributed by atoms with Crippen molar-refractivity contribution < 1.29 is 4.79 Å². The summed E-state index contributed by atoms with van der Waals surface area (Å²) in [4.78, 5) is 14.5. The number of likely N-dealkylation sites (tertiary alicyclic amines) is 1. The van der Waals surface area contributed by atoms with E-state index < -0.39 is 0 Å². The number of nitrogens with two attached hydrogens (primary N) is 1. The molecule has 0 spiro atoms. The number of benzene rings is 1. The van der Waals surface area contributed by atoms with E-state index in [9.17, 15) is 4.79 Å². The van der Waals surface area contributed by atoms with Crippen LogP contribution in [0.4, 0.5) is 0 Å². The zero-order valence-corrected chi connectivity index (χ0v) is 13.7. The molecule has 0 bridgehead atoms. The molecule has 3 nitrogen and oxygen atoms in total. The van der Waals surface area contributed by atoms with Crippen LogP contribution >= 0.6 is 12.4 Å². The Morgan fingerprint density at radius 1 is 1.33 bits per heavy atom. The topological polar surface area (TPSA) is 46.3 Å². The molecule has 1 aliphatic heterocycles. The lowest BCUT2D eigenvalue weighted by molar-refractivity contribution is -0.133. The van der Waals surface area contributed by atoms with Crippen molar-refractivity contribution in [3.63, 3.8) is 0 Å². The molecule has 2 N–H and O–H groups in total. The standard InChI is InChI=1S/C17H26N2O.ClH/c1-14-7-5-8-15(13-14)16-9-3-2-4-12-19(16)17(20)10-6-11-18;/h5,7-8,13,16H,2-4,6,9-12,18H2,1H3;1H. The zero-order chi connectivity index (χ0) is 14.4. The molecule has 1 aliphatic rings. The van der Waals surface area contributed by atoms with Gasteiger partial charge in [-0.25, -0.2) is 0 Å². The summed E-state index contributed by atoms with van der Waals surface area (Å²) in [5, 5.41) is 0. The molecule has 0 saturated carbocycles. The number of amides is 1. The normalized spacial score (nSPS) is 18.8. The molecule has 0 aromatic heterocycles. The van der Waals surface area contributed by atoms with Gasteiger partial charge in [0.25, 0.3) is 0 Å². The average Bonchev–Trinajstić information content (AvgIpc) is 2.70. The second-order valence-corrected chi connectivity index (χ2v) is 5.76. The fourth-order valence-corrected chi connectivity index (χ4v) is 3.03. The Hall–Kier alpha value is -1.06. The van der Waals surface area contributed by atoms with Crippen molar-refractivity contribution in [2.75, 3.05) is 13.1 Å². The van der Waals surface area contributed by atoms with Gasteiger partial charge in [-0.15, -0.1) is 12.4 Å². The second-order valence-electron chi connectivity index (χ2n) is 5.76. The Kier molecular flexibility index (Phi) is 7.76. The molecule has 2 rings (SSSR count). The van der Waals surface area contributed by atoms with Crippen molar-refractivity contribution in [2.24, 2.45) is 5.73 Å². The maximum absolute atomic E-state index is 12.4. The number of nitrogens with zero attached hydrogens (tertiary/aromatic N) is 1. The van der Waals surface area contributed by atoms with Crippen LogP contribution < -0.4 is 5.73 Å². The molecule has 1 aromatic carbocycles. The minimum atomic E-state index is 0. The van der Waals surface area contributed by atoms with Crippen LogP contribution in [0.1, 0.15) is 55.7 Å². The molecule has 118 valence electrons. The molecule has 0 radical (unpaired) electrons. The predicted molar refractivity (Wildman–Crippen MR) is 89.6 cm³/mol. The second kappa shape index (κ2) is 9.06. The third-order valence-corrected chi connectivity index (χ3v) is 4.09. The van der Waals surface area contributed by atoms with Crippen LogP contribution in [0.2, 0.25) is 0 Å². The minimum Gasteiger partial charge on any atom is -0.336 e. The van der Waals surface area contributed by atoms with E-state index in [0.717, 1.165) is 25.8 Å². The molecular weight excluding hydrogens is 284 g/mol. The summed E-state index contributed by atoms with van der Waals surface area (Å²) in [5.74, 6) is 0.267. The molecular formula is C17H27ClN2O. The molecule has 1 saturated heterocycles. The Labute approximate surface area is 134 Å². The number of aryl methyl sites for hydroxylation is 1. The number of carbonyl (C=O) groups is 1. The van der Waals surface area contributed by atoms with Crippen molar-refractivity contribution in [1.29, 1.82) is 0 Å². The number of carbonyl (C=O) groups excluding carboxylic acids is 1. The zero-order valence-electron chi connectivity index (χ0n) is 12.9. The third kappa shape index (κ3) is 5.01. The van der Waals surface area contributed by atoms with E-state index in [1.54, 1.807) is 0 Å². The maximum atomic E-state index is 12.4. The maximum Gasteiger partial charge on any atom is 0.223 e. The molecule has 21 heavy (non-hydrogen) atoms. The molecule has 1 aromatic rings. The van der Waals surface area contributed by atoms with Crippen molar-refractivity contribution >= 4 is 18.3 Å². The first-order valence-electron chi connectivity index (χ1n) is 7.78. The van der Waals surface area contributed by atoms with Crippen LogP contribution in [0.15, 0.2) is 24.3 Å². The van der Waals surface area contributed by atoms with Gasteiger partial charge in [-0.3, -0.25) is 4.79 Å². The van der Waals surface area contributed by atoms with E-state index in [2.05, 4.69) is 36.1 Å². The van der Waals surface area contributed by atoms with E-state index in [4.69, 9.17) is 5.73 Å². The summed E-state index contributed by atoms with van der Waals surface area (Å²) in [6, 6.07) is 8.84. The van der Waals surface area contributed by atoms with Crippen LogP contribution in [0.5, 0.6) is 0 Å².